The summed E-state index contributed by atoms with van der Waals surface area (Å²) < 4.78 is 1.93. The van der Waals surface area contributed by atoms with E-state index in [9.17, 15) is 4.79 Å². The van der Waals surface area contributed by atoms with Gasteiger partial charge in [-0.3, -0.25) is 4.79 Å². The molecule has 2 aromatic heterocycles. The zero-order valence-electron chi connectivity index (χ0n) is 11.4. The highest BCUT2D eigenvalue weighted by molar-refractivity contribution is 5.89. The third-order valence-electron chi connectivity index (χ3n) is 3.18. The Bertz CT molecular complexity index is 775. The first-order valence-electron chi connectivity index (χ1n) is 6.46. The van der Waals surface area contributed by atoms with E-state index in [1.807, 2.05) is 60.1 Å². The van der Waals surface area contributed by atoms with Crippen LogP contribution in [0.1, 0.15) is 12.5 Å². The molecule has 0 unspecified atom stereocenters. The second-order valence-corrected chi connectivity index (χ2v) is 4.81. The van der Waals surface area contributed by atoms with Crippen molar-refractivity contribution in [2.24, 2.45) is 0 Å². The fourth-order valence-corrected chi connectivity index (χ4v) is 2.20. The fourth-order valence-electron chi connectivity index (χ4n) is 2.20. The molecule has 0 aliphatic carbocycles. The molecule has 0 fully saturated rings. The highest BCUT2D eigenvalue weighted by Gasteiger charge is 2.07. The maximum atomic E-state index is 11.2. The molecule has 3 rings (SSSR count). The van der Waals surface area contributed by atoms with Crippen LogP contribution in [0.5, 0.6) is 0 Å². The van der Waals surface area contributed by atoms with E-state index < -0.39 is 0 Å². The average molecular weight is 265 g/mol. The Labute approximate surface area is 117 Å². The molecule has 0 saturated carbocycles. The van der Waals surface area contributed by atoms with E-state index in [0.717, 1.165) is 28.2 Å². The molecule has 0 aliphatic rings. The van der Waals surface area contributed by atoms with Crippen molar-refractivity contribution in [2.45, 2.75) is 13.8 Å². The number of aryl methyl sites for hydroxylation is 1. The van der Waals surface area contributed by atoms with Crippen LogP contribution >= 0.6 is 0 Å². The number of nitrogens with one attached hydrogen (secondary N) is 1. The second kappa shape index (κ2) is 4.81. The standard InChI is InChI=1S/C16H15N3O/c1-11-8-16-18-15(13-6-4-3-5-7-13)10-19(16)9-14(11)17-12(2)20/h3-10H,1-2H3,(H,17,20). The van der Waals surface area contributed by atoms with Crippen LogP contribution in [0.25, 0.3) is 16.9 Å². The Kier molecular flexibility index (Phi) is 2.99. The summed E-state index contributed by atoms with van der Waals surface area (Å²) in [6.45, 7) is 3.47. The number of hydrogen-bond acceptors (Lipinski definition) is 2. The van der Waals surface area contributed by atoms with Gasteiger partial charge in [-0.1, -0.05) is 30.3 Å². The monoisotopic (exact) mass is 265 g/mol. The lowest BCUT2D eigenvalue weighted by Crippen LogP contribution is -2.08. The number of aromatic nitrogens is 2. The molecule has 100 valence electrons. The van der Waals surface area contributed by atoms with E-state index in [1.165, 1.54) is 6.92 Å². The van der Waals surface area contributed by atoms with Crippen LogP contribution < -0.4 is 5.32 Å². The van der Waals surface area contributed by atoms with Crippen LogP contribution in [0.4, 0.5) is 5.69 Å². The predicted octanol–water partition coefficient (Wildman–Crippen LogP) is 3.27. The molecule has 0 radical (unpaired) electrons. The molecule has 0 saturated heterocycles. The van der Waals surface area contributed by atoms with Gasteiger partial charge in [-0.2, -0.15) is 0 Å². The number of amides is 1. The van der Waals surface area contributed by atoms with Gasteiger partial charge < -0.3 is 9.72 Å². The van der Waals surface area contributed by atoms with Gasteiger partial charge in [0.05, 0.1) is 11.4 Å². The molecule has 0 spiro atoms. The van der Waals surface area contributed by atoms with Crippen molar-refractivity contribution >= 4 is 17.2 Å². The summed E-state index contributed by atoms with van der Waals surface area (Å²) in [7, 11) is 0. The van der Waals surface area contributed by atoms with Gasteiger partial charge in [0.15, 0.2) is 0 Å². The lowest BCUT2D eigenvalue weighted by molar-refractivity contribution is -0.114. The van der Waals surface area contributed by atoms with E-state index in [2.05, 4.69) is 10.3 Å². The number of benzene rings is 1. The zero-order valence-corrected chi connectivity index (χ0v) is 11.4. The Morgan fingerprint density at radius 1 is 1.20 bits per heavy atom. The average Bonchev–Trinajstić information content (AvgIpc) is 2.82. The van der Waals surface area contributed by atoms with Crippen molar-refractivity contribution < 1.29 is 4.79 Å². The number of fused-ring (bicyclic) bond motifs is 1. The summed E-state index contributed by atoms with van der Waals surface area (Å²) >= 11 is 0. The van der Waals surface area contributed by atoms with Gasteiger partial charge in [0.2, 0.25) is 5.91 Å². The lowest BCUT2D eigenvalue weighted by atomic mass is 10.2. The summed E-state index contributed by atoms with van der Waals surface area (Å²) in [6, 6.07) is 12.0. The molecule has 20 heavy (non-hydrogen) atoms. The van der Waals surface area contributed by atoms with Gasteiger partial charge in [-0.15, -0.1) is 0 Å². The number of hydrogen-bond donors (Lipinski definition) is 1. The molecule has 2 heterocycles. The molecule has 1 aromatic carbocycles. The number of carbonyl (C=O) groups is 1. The van der Waals surface area contributed by atoms with Crippen molar-refractivity contribution in [1.29, 1.82) is 0 Å². The van der Waals surface area contributed by atoms with Gasteiger partial charge in [0.1, 0.15) is 5.65 Å². The van der Waals surface area contributed by atoms with Crippen molar-refractivity contribution in [2.75, 3.05) is 5.32 Å². The number of imidazole rings is 1. The molecule has 3 aromatic rings. The molecule has 0 aliphatic heterocycles. The van der Waals surface area contributed by atoms with E-state index in [4.69, 9.17) is 0 Å². The van der Waals surface area contributed by atoms with E-state index in [-0.39, 0.29) is 5.91 Å². The van der Waals surface area contributed by atoms with Crippen molar-refractivity contribution in [3.05, 3.63) is 54.4 Å². The summed E-state index contributed by atoms with van der Waals surface area (Å²) in [6.07, 6.45) is 3.86. The number of nitrogens with zero attached hydrogens (tertiary/aromatic N) is 2. The van der Waals surface area contributed by atoms with Crippen molar-refractivity contribution in [1.82, 2.24) is 9.38 Å². The van der Waals surface area contributed by atoms with Crippen LogP contribution in [0.2, 0.25) is 0 Å². The number of anilines is 1. The maximum absolute atomic E-state index is 11.2. The molecule has 0 bridgehead atoms. The van der Waals surface area contributed by atoms with Crippen molar-refractivity contribution in [3.8, 4) is 11.3 Å². The Balaban J connectivity index is 2.10. The van der Waals surface area contributed by atoms with Crippen LogP contribution in [0.3, 0.4) is 0 Å². The normalized spacial score (nSPS) is 10.7. The first-order valence-corrected chi connectivity index (χ1v) is 6.46. The summed E-state index contributed by atoms with van der Waals surface area (Å²) in [4.78, 5) is 15.8. The second-order valence-electron chi connectivity index (χ2n) is 4.81. The largest absolute Gasteiger partial charge is 0.325 e. The molecular weight excluding hydrogens is 250 g/mol. The van der Waals surface area contributed by atoms with Crippen molar-refractivity contribution in [3.63, 3.8) is 0 Å². The Hall–Kier alpha value is -2.62. The van der Waals surface area contributed by atoms with Gasteiger partial charge in [-0.05, 0) is 18.6 Å². The number of rotatable bonds is 2. The lowest BCUT2D eigenvalue weighted by Gasteiger charge is -2.06. The highest BCUT2D eigenvalue weighted by atomic mass is 16.1. The first kappa shape index (κ1) is 12.4. The topological polar surface area (TPSA) is 46.4 Å². The van der Waals surface area contributed by atoms with Gasteiger partial charge in [-0.25, -0.2) is 4.98 Å². The Morgan fingerprint density at radius 2 is 1.95 bits per heavy atom. The number of carbonyl (C=O) groups excluding carboxylic acids is 1. The minimum atomic E-state index is -0.0733. The van der Waals surface area contributed by atoms with E-state index in [0.29, 0.717) is 0 Å². The quantitative estimate of drug-likeness (QED) is 0.773. The van der Waals surface area contributed by atoms with Crippen LogP contribution in [0, 0.1) is 6.92 Å². The summed E-state index contributed by atoms with van der Waals surface area (Å²) in [5.41, 5.74) is 4.68. The van der Waals surface area contributed by atoms with Gasteiger partial charge >= 0.3 is 0 Å². The molecule has 1 N–H and O–H groups in total. The molecule has 4 heteroatoms. The first-order chi connectivity index (χ1) is 9.63. The van der Waals surface area contributed by atoms with Crippen LogP contribution in [0.15, 0.2) is 48.8 Å². The van der Waals surface area contributed by atoms with Crippen LogP contribution in [-0.2, 0) is 4.79 Å². The maximum Gasteiger partial charge on any atom is 0.221 e. The SMILES string of the molecule is CC(=O)Nc1cn2cc(-c3ccccc3)nc2cc1C. The summed E-state index contributed by atoms with van der Waals surface area (Å²) in [5, 5.41) is 2.83. The third-order valence-corrected chi connectivity index (χ3v) is 3.18. The molecule has 4 nitrogen and oxygen atoms in total. The fraction of sp³-hybridized carbons (Fsp3) is 0.125. The molecule has 0 atom stereocenters. The highest BCUT2D eigenvalue weighted by Crippen LogP contribution is 2.22. The zero-order chi connectivity index (χ0) is 14.1. The minimum Gasteiger partial charge on any atom is -0.325 e. The Morgan fingerprint density at radius 3 is 2.65 bits per heavy atom. The van der Waals surface area contributed by atoms with E-state index >= 15 is 0 Å². The summed E-state index contributed by atoms with van der Waals surface area (Å²) in [5.74, 6) is -0.0733. The smallest absolute Gasteiger partial charge is 0.221 e. The number of pyridine rings is 1. The predicted molar refractivity (Wildman–Crippen MR) is 79.7 cm³/mol. The third kappa shape index (κ3) is 2.28. The minimum absolute atomic E-state index is 0.0733. The molecule has 1 amide bonds. The van der Waals surface area contributed by atoms with Gasteiger partial charge in [0, 0.05) is 24.9 Å². The van der Waals surface area contributed by atoms with Gasteiger partial charge in [0.25, 0.3) is 0 Å². The van der Waals surface area contributed by atoms with Crippen LogP contribution in [-0.4, -0.2) is 15.3 Å². The van der Waals surface area contributed by atoms with E-state index in [1.54, 1.807) is 0 Å². The molecular formula is C16H15N3O.